The molecule has 1 aliphatic heterocycles. The maximum absolute atomic E-state index is 5.41. The molecule has 0 amide bonds. The Labute approximate surface area is 120 Å². The highest BCUT2D eigenvalue weighted by molar-refractivity contribution is 7.08. The van der Waals surface area contributed by atoms with Gasteiger partial charge in [0.25, 0.3) is 5.89 Å². The highest BCUT2D eigenvalue weighted by Gasteiger charge is 2.16. The minimum absolute atomic E-state index is 0.584. The van der Waals surface area contributed by atoms with E-state index in [-0.39, 0.29) is 0 Å². The van der Waals surface area contributed by atoms with Crippen LogP contribution in [0.2, 0.25) is 0 Å². The summed E-state index contributed by atoms with van der Waals surface area (Å²) < 4.78 is 5.41. The van der Waals surface area contributed by atoms with Crippen LogP contribution in [0, 0.1) is 6.92 Å². The van der Waals surface area contributed by atoms with Gasteiger partial charge in [0.2, 0.25) is 5.82 Å². The second-order valence-corrected chi connectivity index (χ2v) is 5.68. The average Bonchev–Trinajstić information content (AvgIpc) is 3.17. The Hall–Kier alpha value is -2.14. The van der Waals surface area contributed by atoms with E-state index >= 15 is 0 Å². The topological polar surface area (TPSA) is 51.0 Å². The van der Waals surface area contributed by atoms with Crippen molar-refractivity contribution in [3.63, 3.8) is 0 Å². The quantitative estimate of drug-likeness (QED) is 0.778. The molecular weight excluding hydrogens is 270 g/mol. The summed E-state index contributed by atoms with van der Waals surface area (Å²) in [5, 5.41) is 11.6. The lowest BCUT2D eigenvalue weighted by Crippen LogP contribution is -1.90. The van der Waals surface area contributed by atoms with E-state index in [9.17, 15) is 0 Å². The number of aryl methyl sites for hydroxylation is 1. The molecule has 3 aromatic rings. The summed E-state index contributed by atoms with van der Waals surface area (Å²) in [5.41, 5.74) is 5.74. The fraction of sp³-hybridized carbons (Fsp3) is 0.200. The lowest BCUT2D eigenvalue weighted by Gasteiger charge is -2.00. The van der Waals surface area contributed by atoms with Crippen LogP contribution in [0.5, 0.6) is 0 Å². The number of anilines is 1. The van der Waals surface area contributed by atoms with Crippen LogP contribution in [0.15, 0.2) is 33.5 Å². The monoisotopic (exact) mass is 283 g/mol. The number of fused-ring (bicyclic) bond motifs is 1. The highest BCUT2D eigenvalue weighted by atomic mass is 32.1. The van der Waals surface area contributed by atoms with Crippen LogP contribution < -0.4 is 5.32 Å². The van der Waals surface area contributed by atoms with E-state index in [0.717, 1.165) is 24.1 Å². The summed E-state index contributed by atoms with van der Waals surface area (Å²) in [4.78, 5) is 4.52. The van der Waals surface area contributed by atoms with Crippen molar-refractivity contribution in [1.82, 2.24) is 10.1 Å². The molecule has 0 spiro atoms. The van der Waals surface area contributed by atoms with E-state index in [2.05, 4.69) is 45.3 Å². The number of nitrogens with one attached hydrogen (secondary N) is 1. The smallest absolute Gasteiger partial charge is 0.258 e. The molecule has 100 valence electrons. The molecule has 0 fully saturated rings. The van der Waals surface area contributed by atoms with Gasteiger partial charge in [0, 0.05) is 28.7 Å². The van der Waals surface area contributed by atoms with Crippen LogP contribution in [0.4, 0.5) is 5.69 Å². The Balaban J connectivity index is 1.73. The van der Waals surface area contributed by atoms with Gasteiger partial charge in [0.05, 0.1) is 0 Å². The van der Waals surface area contributed by atoms with E-state index in [4.69, 9.17) is 4.52 Å². The number of nitrogens with zero attached hydrogens (tertiary/aromatic N) is 2. The lowest BCUT2D eigenvalue weighted by atomic mass is 10.1. The van der Waals surface area contributed by atoms with Crippen molar-refractivity contribution in [2.75, 3.05) is 11.9 Å². The molecule has 1 aromatic carbocycles. The molecule has 4 nitrogen and oxygen atoms in total. The van der Waals surface area contributed by atoms with Gasteiger partial charge in [-0.15, -0.1) is 0 Å². The fourth-order valence-corrected chi connectivity index (χ4v) is 3.30. The second kappa shape index (κ2) is 4.45. The molecule has 0 aliphatic carbocycles. The van der Waals surface area contributed by atoms with Crippen molar-refractivity contribution in [3.05, 3.63) is 40.1 Å². The van der Waals surface area contributed by atoms with Crippen LogP contribution in [-0.4, -0.2) is 16.7 Å². The standard InChI is InChI=1S/C15H13N3OS/c1-9-7-20-8-12(9)14-17-15(19-18-14)11-2-3-13-10(6-11)4-5-16-13/h2-3,6-8,16H,4-5H2,1H3. The van der Waals surface area contributed by atoms with Gasteiger partial charge in [-0.2, -0.15) is 16.3 Å². The third-order valence-corrected chi connectivity index (χ3v) is 4.45. The first-order valence-corrected chi connectivity index (χ1v) is 7.49. The van der Waals surface area contributed by atoms with Gasteiger partial charge in [-0.1, -0.05) is 5.16 Å². The predicted molar refractivity (Wildman–Crippen MR) is 80.0 cm³/mol. The molecule has 0 atom stereocenters. The van der Waals surface area contributed by atoms with E-state index < -0.39 is 0 Å². The van der Waals surface area contributed by atoms with Crippen molar-refractivity contribution >= 4 is 17.0 Å². The minimum atomic E-state index is 0.584. The largest absolute Gasteiger partial charge is 0.384 e. The van der Waals surface area contributed by atoms with Gasteiger partial charge in [0.1, 0.15) is 0 Å². The van der Waals surface area contributed by atoms with Crippen LogP contribution in [0.3, 0.4) is 0 Å². The molecule has 20 heavy (non-hydrogen) atoms. The van der Waals surface area contributed by atoms with Crippen LogP contribution in [-0.2, 0) is 6.42 Å². The maximum Gasteiger partial charge on any atom is 0.258 e. The minimum Gasteiger partial charge on any atom is -0.384 e. The zero-order valence-electron chi connectivity index (χ0n) is 11.0. The first-order valence-electron chi connectivity index (χ1n) is 6.55. The zero-order valence-corrected chi connectivity index (χ0v) is 11.8. The Kier molecular flexibility index (Phi) is 2.60. The van der Waals surface area contributed by atoms with Gasteiger partial charge in [-0.05, 0) is 48.1 Å². The van der Waals surface area contributed by atoms with Crippen LogP contribution in [0.1, 0.15) is 11.1 Å². The van der Waals surface area contributed by atoms with Crippen molar-refractivity contribution in [2.45, 2.75) is 13.3 Å². The summed E-state index contributed by atoms with van der Waals surface area (Å²) >= 11 is 1.65. The lowest BCUT2D eigenvalue weighted by molar-refractivity contribution is 0.432. The van der Waals surface area contributed by atoms with Gasteiger partial charge in [-0.3, -0.25) is 0 Å². The first kappa shape index (κ1) is 11.7. The highest BCUT2D eigenvalue weighted by Crippen LogP contribution is 2.30. The summed E-state index contributed by atoms with van der Waals surface area (Å²) in [6, 6.07) is 6.24. The van der Waals surface area contributed by atoms with Crippen LogP contribution >= 0.6 is 11.3 Å². The molecule has 2 aromatic heterocycles. The molecule has 0 unspecified atom stereocenters. The molecule has 3 heterocycles. The summed E-state index contributed by atoms with van der Waals surface area (Å²) in [6.07, 6.45) is 1.05. The Morgan fingerprint density at radius 2 is 2.25 bits per heavy atom. The molecule has 4 rings (SSSR count). The maximum atomic E-state index is 5.41. The number of benzene rings is 1. The first-order chi connectivity index (χ1) is 9.81. The fourth-order valence-electron chi connectivity index (χ4n) is 2.48. The van der Waals surface area contributed by atoms with Gasteiger partial charge in [-0.25, -0.2) is 0 Å². The predicted octanol–water partition coefficient (Wildman–Crippen LogP) is 3.74. The molecule has 5 heteroatoms. The number of rotatable bonds is 2. The van der Waals surface area contributed by atoms with E-state index in [1.54, 1.807) is 11.3 Å². The average molecular weight is 283 g/mol. The molecule has 0 saturated carbocycles. The normalized spacial score (nSPS) is 13.2. The second-order valence-electron chi connectivity index (χ2n) is 4.94. The number of aromatic nitrogens is 2. The summed E-state index contributed by atoms with van der Waals surface area (Å²) in [6.45, 7) is 3.06. The zero-order chi connectivity index (χ0) is 13.5. The number of thiophene rings is 1. The molecule has 0 saturated heterocycles. The molecule has 1 N–H and O–H groups in total. The Morgan fingerprint density at radius 1 is 1.30 bits per heavy atom. The van der Waals surface area contributed by atoms with Crippen molar-refractivity contribution in [1.29, 1.82) is 0 Å². The van der Waals surface area contributed by atoms with E-state index in [0.29, 0.717) is 11.7 Å². The number of hydrogen-bond acceptors (Lipinski definition) is 5. The SMILES string of the molecule is Cc1cscc1-c1noc(-c2ccc3c(c2)CCN3)n1. The molecular formula is C15H13N3OS. The van der Waals surface area contributed by atoms with Gasteiger partial charge < -0.3 is 9.84 Å². The molecule has 1 aliphatic rings. The van der Waals surface area contributed by atoms with Crippen molar-refractivity contribution in [3.8, 4) is 22.8 Å². The van der Waals surface area contributed by atoms with Gasteiger partial charge >= 0.3 is 0 Å². The Bertz CT molecular complexity index is 775. The summed E-state index contributed by atoms with van der Waals surface area (Å²) in [7, 11) is 0. The molecule has 0 radical (unpaired) electrons. The third kappa shape index (κ3) is 1.82. The number of hydrogen-bond donors (Lipinski definition) is 1. The van der Waals surface area contributed by atoms with Crippen molar-refractivity contribution < 1.29 is 4.52 Å². The summed E-state index contributed by atoms with van der Waals surface area (Å²) in [5.74, 6) is 1.25. The Morgan fingerprint density at radius 3 is 3.10 bits per heavy atom. The third-order valence-electron chi connectivity index (χ3n) is 3.58. The van der Waals surface area contributed by atoms with Crippen molar-refractivity contribution in [2.24, 2.45) is 0 Å². The van der Waals surface area contributed by atoms with E-state index in [1.165, 1.54) is 16.8 Å². The van der Waals surface area contributed by atoms with E-state index in [1.807, 2.05) is 6.07 Å². The molecule has 0 bridgehead atoms. The van der Waals surface area contributed by atoms with Crippen LogP contribution in [0.25, 0.3) is 22.8 Å². The van der Waals surface area contributed by atoms with Gasteiger partial charge in [0.15, 0.2) is 0 Å².